The number of carbonyl (C=O) groups excluding carboxylic acids is 1. The van der Waals surface area contributed by atoms with Crippen molar-refractivity contribution in [2.75, 3.05) is 31.2 Å². The molecule has 2 atom stereocenters. The number of ether oxygens (including phenoxy) is 3. The molecule has 5 heterocycles. The first-order valence-corrected chi connectivity index (χ1v) is 13.9. The number of pyridine rings is 1. The van der Waals surface area contributed by atoms with Crippen molar-refractivity contribution >= 4 is 50.5 Å². The highest BCUT2D eigenvalue weighted by Gasteiger charge is 2.48. The number of hydrogen-bond acceptors (Lipinski definition) is 8. The largest absolute Gasteiger partial charge is 0.460 e. The first-order chi connectivity index (χ1) is 17.2. The van der Waals surface area contributed by atoms with Gasteiger partial charge in [0.15, 0.2) is 5.82 Å². The lowest BCUT2D eigenvalue weighted by Crippen LogP contribution is -2.50. The Balaban J connectivity index is 1.35. The Morgan fingerprint density at radius 2 is 1.81 bits per heavy atom. The van der Waals surface area contributed by atoms with Gasteiger partial charge in [-0.1, -0.05) is 11.6 Å². The van der Waals surface area contributed by atoms with Crippen molar-refractivity contribution in [1.29, 1.82) is 0 Å². The molecule has 1 aliphatic carbocycles. The van der Waals surface area contributed by atoms with Crippen LogP contribution in [0.15, 0.2) is 4.47 Å². The first-order valence-electron chi connectivity index (χ1n) is 12.7. The maximum Gasteiger partial charge on any atom is 0.410 e. The van der Waals surface area contributed by atoms with Gasteiger partial charge in [0, 0.05) is 31.8 Å². The smallest absolute Gasteiger partial charge is 0.410 e. The summed E-state index contributed by atoms with van der Waals surface area (Å²) >= 11 is 10.5. The number of halogens is 2. The minimum atomic E-state index is -0.523. The van der Waals surface area contributed by atoms with Gasteiger partial charge in [-0.2, -0.15) is 9.97 Å². The van der Waals surface area contributed by atoms with Crippen molar-refractivity contribution in [3.05, 3.63) is 15.2 Å². The summed E-state index contributed by atoms with van der Waals surface area (Å²) in [6, 6.07) is 0.486. The molecule has 0 aromatic carbocycles. The van der Waals surface area contributed by atoms with Crippen LogP contribution in [0.1, 0.15) is 64.5 Å². The Morgan fingerprint density at radius 1 is 1.06 bits per heavy atom. The van der Waals surface area contributed by atoms with Crippen molar-refractivity contribution in [3.63, 3.8) is 0 Å². The Morgan fingerprint density at radius 3 is 2.44 bits per heavy atom. The zero-order chi connectivity index (χ0) is 25.2. The van der Waals surface area contributed by atoms with Gasteiger partial charge in [-0.3, -0.25) is 0 Å². The number of amides is 1. The van der Waals surface area contributed by atoms with Gasteiger partial charge in [-0.15, -0.1) is 0 Å². The molecule has 1 saturated carbocycles. The van der Waals surface area contributed by atoms with Crippen molar-refractivity contribution in [2.45, 2.75) is 82.6 Å². The molecule has 36 heavy (non-hydrogen) atoms. The summed E-state index contributed by atoms with van der Waals surface area (Å²) in [5.74, 6) is 1.14. The van der Waals surface area contributed by atoms with E-state index in [2.05, 4.69) is 20.8 Å². The van der Waals surface area contributed by atoms with Crippen molar-refractivity contribution in [1.82, 2.24) is 19.9 Å². The molecular formula is C25H31BrClN5O4. The predicted octanol–water partition coefficient (Wildman–Crippen LogP) is 5.07. The summed E-state index contributed by atoms with van der Waals surface area (Å²) in [4.78, 5) is 31.5. The average Bonchev–Trinajstić information content (AvgIpc) is 3.47. The number of nitrogens with zero attached hydrogens (tertiary/aromatic N) is 5. The van der Waals surface area contributed by atoms with E-state index < -0.39 is 5.60 Å². The lowest BCUT2D eigenvalue weighted by Gasteiger charge is -2.36. The number of fused-ring (bicyclic) bond motifs is 3. The third-order valence-corrected chi connectivity index (χ3v) is 8.65. The molecule has 0 radical (unpaired) electrons. The zero-order valence-electron chi connectivity index (χ0n) is 20.8. The standard InChI is InChI=1S/C25H31BrClN5O4/c1-25(2,3)36-24(33)32-12-14-10-15(32)11-31(14)22-21-20(18(27)17(26)19(28-21)13-4-5-13)29-23(30-22)35-16-6-8-34-9-7-16/h13-16H,4-12H2,1-3H3/t14-,15-/m0/s1. The van der Waals surface area contributed by atoms with Gasteiger partial charge in [0.2, 0.25) is 0 Å². The lowest BCUT2D eigenvalue weighted by atomic mass is 10.2. The van der Waals surface area contributed by atoms with E-state index in [9.17, 15) is 4.79 Å². The van der Waals surface area contributed by atoms with Crippen LogP contribution >= 0.6 is 27.5 Å². The van der Waals surface area contributed by atoms with Crippen LogP contribution in [0.25, 0.3) is 11.0 Å². The number of rotatable bonds is 4. The van der Waals surface area contributed by atoms with Crippen LogP contribution in [0.4, 0.5) is 10.6 Å². The molecular weight excluding hydrogens is 550 g/mol. The van der Waals surface area contributed by atoms with Crippen molar-refractivity contribution < 1.29 is 19.0 Å². The molecule has 6 rings (SSSR count). The molecule has 0 spiro atoms. The third-order valence-electron chi connectivity index (χ3n) is 7.25. The van der Waals surface area contributed by atoms with Crippen LogP contribution in [0, 0.1) is 0 Å². The minimum absolute atomic E-state index is 0.00246. The average molecular weight is 581 g/mol. The Kier molecular flexibility index (Phi) is 6.20. The summed E-state index contributed by atoms with van der Waals surface area (Å²) in [5.41, 5.74) is 1.73. The van der Waals surface area contributed by atoms with Crippen LogP contribution in [-0.4, -0.2) is 76.0 Å². The van der Waals surface area contributed by atoms with Crippen LogP contribution < -0.4 is 9.64 Å². The van der Waals surface area contributed by atoms with E-state index >= 15 is 0 Å². The van der Waals surface area contributed by atoms with Gasteiger partial charge in [-0.25, -0.2) is 9.78 Å². The highest BCUT2D eigenvalue weighted by Crippen LogP contribution is 2.47. The molecule has 4 fully saturated rings. The Bertz CT molecular complexity index is 1200. The molecule has 11 heteroatoms. The van der Waals surface area contributed by atoms with Gasteiger partial charge in [0.1, 0.15) is 22.7 Å². The molecule has 2 aromatic rings. The van der Waals surface area contributed by atoms with E-state index in [0.29, 0.717) is 54.3 Å². The molecule has 194 valence electrons. The molecule has 2 bridgehead atoms. The highest BCUT2D eigenvalue weighted by molar-refractivity contribution is 9.10. The summed E-state index contributed by atoms with van der Waals surface area (Å²) in [6.45, 7) is 8.25. The van der Waals surface area contributed by atoms with E-state index in [0.717, 1.165) is 48.1 Å². The highest BCUT2D eigenvalue weighted by atomic mass is 79.9. The number of likely N-dealkylation sites (tertiary alicyclic amines) is 1. The monoisotopic (exact) mass is 579 g/mol. The quantitative estimate of drug-likeness (QED) is 0.495. The van der Waals surface area contributed by atoms with E-state index in [-0.39, 0.29) is 24.3 Å². The van der Waals surface area contributed by atoms with E-state index in [1.165, 1.54) is 0 Å². The van der Waals surface area contributed by atoms with Gasteiger partial charge in [0.25, 0.3) is 0 Å². The number of hydrogen-bond donors (Lipinski definition) is 0. The van der Waals surface area contributed by atoms with Gasteiger partial charge >= 0.3 is 12.1 Å². The Hall–Kier alpha value is -1.91. The van der Waals surface area contributed by atoms with Gasteiger partial charge < -0.3 is 24.0 Å². The third kappa shape index (κ3) is 4.60. The Labute approximate surface area is 224 Å². The van der Waals surface area contributed by atoms with E-state index in [1.54, 1.807) is 0 Å². The van der Waals surface area contributed by atoms with Gasteiger partial charge in [-0.05, 0) is 56.0 Å². The van der Waals surface area contributed by atoms with E-state index in [4.69, 9.17) is 40.8 Å². The normalized spacial score (nSPS) is 24.6. The summed E-state index contributed by atoms with van der Waals surface area (Å²) in [5, 5.41) is 0.544. The van der Waals surface area contributed by atoms with Crippen LogP contribution in [0.3, 0.4) is 0 Å². The first kappa shape index (κ1) is 24.4. The number of anilines is 1. The maximum atomic E-state index is 12.8. The molecule has 1 amide bonds. The van der Waals surface area contributed by atoms with E-state index in [1.807, 2.05) is 25.7 Å². The second-order valence-electron chi connectivity index (χ2n) is 11.2. The van der Waals surface area contributed by atoms with Gasteiger partial charge in [0.05, 0.1) is 40.5 Å². The maximum absolute atomic E-state index is 12.8. The molecule has 3 saturated heterocycles. The summed E-state index contributed by atoms with van der Waals surface area (Å²) in [7, 11) is 0. The van der Waals surface area contributed by atoms with Crippen LogP contribution in [-0.2, 0) is 9.47 Å². The molecule has 0 N–H and O–H groups in total. The topological polar surface area (TPSA) is 89.9 Å². The predicted molar refractivity (Wildman–Crippen MR) is 139 cm³/mol. The minimum Gasteiger partial charge on any atom is -0.460 e. The molecule has 3 aliphatic heterocycles. The van der Waals surface area contributed by atoms with Crippen LogP contribution in [0.5, 0.6) is 6.01 Å². The van der Waals surface area contributed by atoms with Crippen LogP contribution in [0.2, 0.25) is 5.02 Å². The summed E-state index contributed by atoms with van der Waals surface area (Å²) in [6.07, 6.45) is 4.41. The van der Waals surface area contributed by atoms with Crippen molar-refractivity contribution in [2.24, 2.45) is 0 Å². The second-order valence-corrected chi connectivity index (χ2v) is 12.4. The molecule has 0 unspecified atom stereocenters. The van der Waals surface area contributed by atoms with Crippen molar-refractivity contribution in [3.8, 4) is 6.01 Å². The summed E-state index contributed by atoms with van der Waals surface area (Å²) < 4.78 is 18.2. The SMILES string of the molecule is CC(C)(C)OC(=O)N1C[C@@H]2C[C@H]1CN2c1nc(OC2CCOCC2)nc2c(Cl)c(Br)c(C3CC3)nc12. The lowest BCUT2D eigenvalue weighted by molar-refractivity contribution is 0.0206. The second kappa shape index (κ2) is 9.13. The number of carbonyl (C=O) groups is 1. The fraction of sp³-hybridized carbons (Fsp3) is 0.680. The molecule has 2 aromatic heterocycles. The molecule has 4 aliphatic rings. The fourth-order valence-corrected chi connectivity index (χ4v) is 6.19. The zero-order valence-corrected chi connectivity index (χ0v) is 23.1. The fourth-order valence-electron chi connectivity index (χ4n) is 5.36. The molecule has 9 nitrogen and oxygen atoms in total. The number of aromatic nitrogens is 3. The number of piperazine rings is 1.